The molecule has 3 nitrogen and oxygen atoms in total. The predicted octanol–water partition coefficient (Wildman–Crippen LogP) is 2.51. The Kier molecular flexibility index (Phi) is 4.03. The zero-order valence-electron chi connectivity index (χ0n) is 9.44. The smallest absolute Gasteiger partial charge is 0.207 e. The topological polar surface area (TPSA) is 37.4 Å². The van der Waals surface area contributed by atoms with E-state index in [1.807, 2.05) is 0 Å². The molecule has 1 fully saturated rings. The molecule has 1 aromatic carbocycles. The van der Waals surface area contributed by atoms with Gasteiger partial charge in [0.15, 0.2) is 0 Å². The van der Waals surface area contributed by atoms with Crippen molar-refractivity contribution < 1.29 is 17.2 Å². The van der Waals surface area contributed by atoms with Crippen molar-refractivity contribution in [3.63, 3.8) is 0 Å². The molecule has 0 aromatic heterocycles. The van der Waals surface area contributed by atoms with E-state index in [2.05, 4.69) is 15.9 Å². The number of nitrogens with zero attached hydrogens (tertiary/aromatic N) is 1. The maximum atomic E-state index is 13.6. The van der Waals surface area contributed by atoms with Gasteiger partial charge in [-0.3, -0.25) is 0 Å². The summed E-state index contributed by atoms with van der Waals surface area (Å²) in [7, 11) is -3.96. The Morgan fingerprint density at radius 1 is 1.39 bits per heavy atom. The summed E-state index contributed by atoms with van der Waals surface area (Å²) in [6, 6.07) is 2.27. The van der Waals surface area contributed by atoms with Gasteiger partial charge in [0.05, 0.1) is 0 Å². The molecular formula is C11H12BrF2NO2S. The van der Waals surface area contributed by atoms with Crippen LogP contribution in [0.25, 0.3) is 0 Å². The summed E-state index contributed by atoms with van der Waals surface area (Å²) < 4.78 is 52.4. The Bertz CT molecular complexity index is 550. The maximum absolute atomic E-state index is 13.6. The van der Waals surface area contributed by atoms with Gasteiger partial charge in [-0.25, -0.2) is 17.2 Å². The lowest BCUT2D eigenvalue weighted by atomic mass is 10.3. The van der Waals surface area contributed by atoms with E-state index in [0.29, 0.717) is 11.9 Å². The van der Waals surface area contributed by atoms with Crippen LogP contribution in [0.4, 0.5) is 8.78 Å². The molecule has 0 spiro atoms. The van der Waals surface area contributed by atoms with Crippen molar-refractivity contribution in [3.8, 4) is 0 Å². The van der Waals surface area contributed by atoms with Gasteiger partial charge >= 0.3 is 0 Å². The lowest BCUT2D eigenvalue weighted by Crippen LogP contribution is -2.36. The van der Waals surface area contributed by atoms with Gasteiger partial charge in [0, 0.05) is 17.9 Å². The van der Waals surface area contributed by atoms with E-state index in [1.165, 1.54) is 4.31 Å². The predicted molar refractivity (Wildman–Crippen MR) is 67.1 cm³/mol. The minimum absolute atomic E-state index is 0.197. The molecule has 7 heteroatoms. The monoisotopic (exact) mass is 339 g/mol. The van der Waals surface area contributed by atoms with Crippen molar-refractivity contribution in [2.75, 3.05) is 11.9 Å². The van der Waals surface area contributed by atoms with Crippen LogP contribution in [0.15, 0.2) is 23.1 Å². The van der Waals surface area contributed by atoms with E-state index < -0.39 is 26.6 Å². The van der Waals surface area contributed by atoms with E-state index in [1.54, 1.807) is 0 Å². The molecule has 1 atom stereocenters. The fourth-order valence-electron chi connectivity index (χ4n) is 2.08. The second kappa shape index (κ2) is 5.22. The largest absolute Gasteiger partial charge is 0.246 e. The Morgan fingerprint density at radius 3 is 2.78 bits per heavy atom. The Hall–Kier alpha value is -0.530. The van der Waals surface area contributed by atoms with Gasteiger partial charge in [0.1, 0.15) is 16.5 Å². The Balaban J connectivity index is 2.45. The molecule has 1 aliphatic heterocycles. The van der Waals surface area contributed by atoms with Gasteiger partial charge < -0.3 is 0 Å². The molecule has 0 radical (unpaired) electrons. The van der Waals surface area contributed by atoms with Crippen molar-refractivity contribution in [1.29, 1.82) is 0 Å². The quantitative estimate of drug-likeness (QED) is 0.793. The Labute approximate surface area is 113 Å². The summed E-state index contributed by atoms with van der Waals surface area (Å²) in [5.41, 5.74) is 0. The van der Waals surface area contributed by atoms with E-state index in [9.17, 15) is 17.2 Å². The second-order valence-corrected chi connectivity index (χ2v) is 6.65. The second-order valence-electron chi connectivity index (χ2n) is 4.14. The van der Waals surface area contributed by atoms with Crippen molar-refractivity contribution in [1.82, 2.24) is 4.31 Å². The fraction of sp³-hybridized carbons (Fsp3) is 0.455. The number of sulfonamides is 1. The average Bonchev–Trinajstić information content (AvgIpc) is 2.81. The van der Waals surface area contributed by atoms with Gasteiger partial charge in [-0.05, 0) is 31.0 Å². The number of hydrogen-bond acceptors (Lipinski definition) is 2. The van der Waals surface area contributed by atoms with E-state index in [-0.39, 0.29) is 6.04 Å². The van der Waals surface area contributed by atoms with Crippen LogP contribution in [0.1, 0.15) is 12.8 Å². The van der Waals surface area contributed by atoms with Crippen LogP contribution < -0.4 is 0 Å². The number of halogens is 3. The Morgan fingerprint density at radius 2 is 2.11 bits per heavy atom. The first-order valence-corrected chi connectivity index (χ1v) is 8.06. The fourth-order valence-corrected chi connectivity index (χ4v) is 4.72. The van der Waals surface area contributed by atoms with E-state index in [4.69, 9.17) is 0 Å². The molecule has 100 valence electrons. The molecule has 0 amide bonds. The third-order valence-corrected chi connectivity index (χ3v) is 5.70. The summed E-state index contributed by atoms with van der Waals surface area (Å²) in [5.74, 6) is -1.68. The first-order chi connectivity index (χ1) is 8.46. The van der Waals surface area contributed by atoms with Gasteiger partial charge in [0.2, 0.25) is 10.0 Å². The molecular weight excluding hydrogens is 328 g/mol. The van der Waals surface area contributed by atoms with Crippen molar-refractivity contribution in [2.24, 2.45) is 0 Å². The van der Waals surface area contributed by atoms with Gasteiger partial charge in [0.25, 0.3) is 0 Å². The molecule has 1 aliphatic rings. The van der Waals surface area contributed by atoms with Crippen LogP contribution in [-0.4, -0.2) is 30.6 Å². The molecule has 0 N–H and O–H groups in total. The number of alkyl halides is 1. The molecule has 1 heterocycles. The van der Waals surface area contributed by atoms with Crippen molar-refractivity contribution >= 4 is 26.0 Å². The molecule has 2 rings (SSSR count). The van der Waals surface area contributed by atoms with Crippen LogP contribution in [0, 0.1) is 11.6 Å². The van der Waals surface area contributed by atoms with Gasteiger partial charge in [-0.2, -0.15) is 4.31 Å². The van der Waals surface area contributed by atoms with Crippen LogP contribution in [0.5, 0.6) is 0 Å². The van der Waals surface area contributed by atoms with E-state index >= 15 is 0 Å². The molecule has 0 saturated carbocycles. The molecule has 1 aromatic rings. The number of benzene rings is 1. The highest BCUT2D eigenvalue weighted by molar-refractivity contribution is 9.09. The van der Waals surface area contributed by atoms with Crippen LogP contribution in [0.3, 0.4) is 0 Å². The third-order valence-electron chi connectivity index (χ3n) is 2.98. The summed E-state index contributed by atoms with van der Waals surface area (Å²) in [6.45, 7) is 0.342. The highest BCUT2D eigenvalue weighted by Gasteiger charge is 2.36. The SMILES string of the molecule is O=S(=O)(c1cc(F)ccc1F)N1CCCC1CBr. The normalized spacial score (nSPS) is 21.4. The molecule has 0 aliphatic carbocycles. The van der Waals surface area contributed by atoms with Crippen molar-refractivity contribution in [3.05, 3.63) is 29.8 Å². The van der Waals surface area contributed by atoms with Crippen molar-refractivity contribution in [2.45, 2.75) is 23.8 Å². The lowest BCUT2D eigenvalue weighted by molar-refractivity contribution is 0.409. The highest BCUT2D eigenvalue weighted by atomic mass is 79.9. The highest BCUT2D eigenvalue weighted by Crippen LogP contribution is 2.28. The summed E-state index contributed by atoms with van der Waals surface area (Å²) in [4.78, 5) is -0.588. The summed E-state index contributed by atoms with van der Waals surface area (Å²) in [5, 5.41) is 0.489. The first kappa shape index (κ1) is 13.9. The molecule has 0 bridgehead atoms. The zero-order valence-corrected chi connectivity index (χ0v) is 11.8. The van der Waals surface area contributed by atoms with Crippen LogP contribution in [0.2, 0.25) is 0 Å². The lowest BCUT2D eigenvalue weighted by Gasteiger charge is -2.22. The standard InChI is InChI=1S/C11H12BrF2NO2S/c12-7-9-2-1-5-15(9)18(16,17)11-6-8(13)3-4-10(11)14/h3-4,6,9H,1-2,5,7H2. The van der Waals surface area contributed by atoms with Gasteiger partial charge in [-0.15, -0.1) is 0 Å². The summed E-state index contributed by atoms with van der Waals surface area (Å²) in [6.07, 6.45) is 1.45. The van der Waals surface area contributed by atoms with Gasteiger partial charge in [-0.1, -0.05) is 15.9 Å². The third kappa shape index (κ3) is 2.44. The number of rotatable bonds is 3. The minimum atomic E-state index is -3.96. The molecule has 1 saturated heterocycles. The van der Waals surface area contributed by atoms with Crippen LogP contribution >= 0.6 is 15.9 Å². The molecule has 1 unspecified atom stereocenters. The maximum Gasteiger partial charge on any atom is 0.246 e. The minimum Gasteiger partial charge on any atom is -0.207 e. The zero-order chi connectivity index (χ0) is 13.3. The average molecular weight is 340 g/mol. The summed E-state index contributed by atoms with van der Waals surface area (Å²) >= 11 is 3.24. The van der Waals surface area contributed by atoms with E-state index in [0.717, 1.165) is 31.0 Å². The first-order valence-electron chi connectivity index (χ1n) is 5.49. The molecule has 18 heavy (non-hydrogen) atoms. The van der Waals surface area contributed by atoms with Crippen LogP contribution in [-0.2, 0) is 10.0 Å². The number of hydrogen-bond donors (Lipinski definition) is 0.